The molecule has 0 aliphatic heterocycles. The van der Waals surface area contributed by atoms with Gasteiger partial charge in [-0.1, -0.05) is 0 Å². The van der Waals surface area contributed by atoms with Crippen LogP contribution in [0.5, 0.6) is 5.75 Å². The molecule has 0 aliphatic carbocycles. The first-order valence-corrected chi connectivity index (χ1v) is 5.22. The standard InChI is InChI=1S/C10H12ClNO4/c11-1-2-15-3-4-16-9-5-8(10(13)14)6-12-7-9/h5-7H,1-4H2,(H,13,14). The second-order valence-corrected chi connectivity index (χ2v) is 3.24. The lowest BCUT2D eigenvalue weighted by Crippen LogP contribution is -2.08. The van der Waals surface area contributed by atoms with Crippen molar-refractivity contribution in [1.29, 1.82) is 0 Å². The van der Waals surface area contributed by atoms with E-state index in [9.17, 15) is 4.79 Å². The Morgan fingerprint density at radius 2 is 2.19 bits per heavy atom. The molecule has 1 heterocycles. The predicted octanol–water partition coefficient (Wildman–Crippen LogP) is 1.41. The van der Waals surface area contributed by atoms with Crippen molar-refractivity contribution in [2.75, 3.05) is 25.7 Å². The van der Waals surface area contributed by atoms with Gasteiger partial charge in [0.15, 0.2) is 0 Å². The number of aromatic carboxylic acids is 1. The van der Waals surface area contributed by atoms with E-state index in [1.165, 1.54) is 18.5 Å². The second kappa shape index (κ2) is 7.03. The smallest absolute Gasteiger partial charge is 0.337 e. The molecule has 0 unspecified atom stereocenters. The molecule has 0 atom stereocenters. The SMILES string of the molecule is O=C(O)c1cncc(OCCOCCCl)c1. The molecule has 0 aromatic carbocycles. The van der Waals surface area contributed by atoms with Gasteiger partial charge in [0.2, 0.25) is 0 Å². The number of aromatic nitrogens is 1. The zero-order valence-electron chi connectivity index (χ0n) is 8.56. The van der Waals surface area contributed by atoms with E-state index in [2.05, 4.69) is 4.98 Å². The molecule has 16 heavy (non-hydrogen) atoms. The Labute approximate surface area is 98.0 Å². The minimum atomic E-state index is -1.03. The van der Waals surface area contributed by atoms with Gasteiger partial charge in [0.05, 0.1) is 25.0 Å². The molecule has 1 aromatic rings. The number of rotatable bonds is 7. The lowest BCUT2D eigenvalue weighted by Gasteiger charge is -2.06. The third-order valence-electron chi connectivity index (χ3n) is 1.68. The quantitative estimate of drug-likeness (QED) is 0.581. The van der Waals surface area contributed by atoms with Crippen LogP contribution >= 0.6 is 11.6 Å². The fourth-order valence-corrected chi connectivity index (χ4v) is 1.10. The summed E-state index contributed by atoms with van der Waals surface area (Å²) in [6, 6.07) is 1.41. The number of hydrogen-bond donors (Lipinski definition) is 1. The highest BCUT2D eigenvalue weighted by Gasteiger charge is 2.04. The first kappa shape index (κ1) is 12.7. The summed E-state index contributed by atoms with van der Waals surface area (Å²) in [6.07, 6.45) is 2.72. The number of hydrogen-bond acceptors (Lipinski definition) is 4. The molecule has 1 N–H and O–H groups in total. The van der Waals surface area contributed by atoms with Crippen LogP contribution in [0.1, 0.15) is 10.4 Å². The van der Waals surface area contributed by atoms with Crippen LogP contribution in [0.2, 0.25) is 0 Å². The molecule has 0 fully saturated rings. The van der Waals surface area contributed by atoms with E-state index >= 15 is 0 Å². The van der Waals surface area contributed by atoms with Crippen molar-refractivity contribution >= 4 is 17.6 Å². The molecule has 0 amide bonds. The van der Waals surface area contributed by atoms with Gasteiger partial charge < -0.3 is 14.6 Å². The normalized spacial score (nSPS) is 10.1. The fourth-order valence-electron chi connectivity index (χ4n) is 0.990. The highest BCUT2D eigenvalue weighted by molar-refractivity contribution is 6.17. The topological polar surface area (TPSA) is 68.7 Å². The van der Waals surface area contributed by atoms with Crippen LogP contribution in [0.3, 0.4) is 0 Å². The summed E-state index contributed by atoms with van der Waals surface area (Å²) in [5.41, 5.74) is 0.0965. The van der Waals surface area contributed by atoms with E-state index in [1.54, 1.807) is 0 Å². The van der Waals surface area contributed by atoms with Crippen LogP contribution < -0.4 is 4.74 Å². The van der Waals surface area contributed by atoms with Crippen molar-refractivity contribution in [3.05, 3.63) is 24.0 Å². The average molecular weight is 246 g/mol. The third-order valence-corrected chi connectivity index (χ3v) is 1.83. The molecule has 0 aliphatic rings. The van der Waals surface area contributed by atoms with Crippen LogP contribution in [0.15, 0.2) is 18.5 Å². The number of carbonyl (C=O) groups is 1. The first-order valence-electron chi connectivity index (χ1n) is 4.69. The Hall–Kier alpha value is -1.33. The van der Waals surface area contributed by atoms with Crippen molar-refractivity contribution in [1.82, 2.24) is 4.98 Å². The molecule has 1 aromatic heterocycles. The van der Waals surface area contributed by atoms with Crippen LogP contribution in [0, 0.1) is 0 Å². The lowest BCUT2D eigenvalue weighted by molar-refractivity contribution is 0.0695. The molecule has 0 bridgehead atoms. The van der Waals surface area contributed by atoms with E-state index in [0.717, 1.165) is 0 Å². The number of nitrogens with zero attached hydrogens (tertiary/aromatic N) is 1. The first-order chi connectivity index (χ1) is 7.74. The second-order valence-electron chi connectivity index (χ2n) is 2.86. The number of ether oxygens (including phenoxy) is 2. The largest absolute Gasteiger partial charge is 0.490 e. The summed E-state index contributed by atoms with van der Waals surface area (Å²) >= 11 is 5.41. The summed E-state index contributed by atoms with van der Waals surface area (Å²) in [6.45, 7) is 1.21. The molecule has 0 spiro atoms. The lowest BCUT2D eigenvalue weighted by atomic mass is 10.3. The summed E-state index contributed by atoms with van der Waals surface area (Å²) in [5, 5.41) is 8.72. The average Bonchev–Trinajstić information content (AvgIpc) is 2.29. The van der Waals surface area contributed by atoms with Gasteiger partial charge in [0.25, 0.3) is 0 Å². The van der Waals surface area contributed by atoms with Crippen molar-refractivity contribution < 1.29 is 19.4 Å². The van der Waals surface area contributed by atoms with Gasteiger partial charge in [-0.3, -0.25) is 4.98 Å². The fraction of sp³-hybridized carbons (Fsp3) is 0.400. The van der Waals surface area contributed by atoms with Gasteiger partial charge in [-0.25, -0.2) is 4.79 Å². The summed E-state index contributed by atoms with van der Waals surface area (Å²) in [5.74, 6) is -0.179. The maximum Gasteiger partial charge on any atom is 0.337 e. The van der Waals surface area contributed by atoms with Crippen LogP contribution in [-0.2, 0) is 4.74 Å². The van der Waals surface area contributed by atoms with Crippen molar-refractivity contribution in [3.8, 4) is 5.75 Å². The minimum absolute atomic E-state index is 0.0965. The molecule has 0 saturated heterocycles. The maximum atomic E-state index is 10.6. The molecule has 88 valence electrons. The monoisotopic (exact) mass is 245 g/mol. The molecule has 5 nitrogen and oxygen atoms in total. The minimum Gasteiger partial charge on any atom is -0.490 e. The number of pyridine rings is 1. The van der Waals surface area contributed by atoms with Crippen LogP contribution in [0.25, 0.3) is 0 Å². The third kappa shape index (κ3) is 4.46. The molecule has 6 heteroatoms. The van der Waals surface area contributed by atoms with Gasteiger partial charge in [-0.2, -0.15) is 0 Å². The van der Waals surface area contributed by atoms with Crippen molar-refractivity contribution in [2.45, 2.75) is 0 Å². The highest BCUT2D eigenvalue weighted by atomic mass is 35.5. The van der Waals surface area contributed by atoms with Crippen LogP contribution in [0.4, 0.5) is 0 Å². The Kier molecular flexibility index (Phi) is 5.60. The van der Waals surface area contributed by atoms with Crippen molar-refractivity contribution in [2.24, 2.45) is 0 Å². The zero-order valence-corrected chi connectivity index (χ0v) is 9.31. The molecule has 1 rings (SSSR count). The van der Waals surface area contributed by atoms with Gasteiger partial charge in [0.1, 0.15) is 12.4 Å². The van der Waals surface area contributed by atoms with E-state index < -0.39 is 5.97 Å². The van der Waals surface area contributed by atoms with E-state index in [-0.39, 0.29) is 5.56 Å². The Balaban J connectivity index is 2.36. The van der Waals surface area contributed by atoms with Gasteiger partial charge in [-0.15, -0.1) is 11.6 Å². The maximum absolute atomic E-state index is 10.6. The van der Waals surface area contributed by atoms with E-state index in [1.807, 2.05) is 0 Å². The predicted molar refractivity (Wildman–Crippen MR) is 58.2 cm³/mol. The van der Waals surface area contributed by atoms with Gasteiger partial charge >= 0.3 is 5.97 Å². The Morgan fingerprint density at radius 1 is 1.38 bits per heavy atom. The van der Waals surface area contributed by atoms with Gasteiger partial charge in [0, 0.05) is 12.1 Å². The zero-order chi connectivity index (χ0) is 11.8. The van der Waals surface area contributed by atoms with E-state index in [0.29, 0.717) is 31.5 Å². The molecular formula is C10H12ClNO4. The number of alkyl halides is 1. The van der Waals surface area contributed by atoms with E-state index in [4.69, 9.17) is 26.2 Å². The number of carboxylic acid groups (broad SMARTS) is 1. The molecule has 0 saturated carbocycles. The number of carboxylic acids is 1. The van der Waals surface area contributed by atoms with Gasteiger partial charge in [-0.05, 0) is 6.07 Å². The molecule has 0 radical (unpaired) electrons. The Bertz CT molecular complexity index is 345. The number of halogens is 1. The summed E-state index contributed by atoms with van der Waals surface area (Å²) < 4.78 is 10.3. The van der Waals surface area contributed by atoms with Crippen molar-refractivity contribution in [3.63, 3.8) is 0 Å². The summed E-state index contributed by atoms with van der Waals surface area (Å²) in [4.78, 5) is 14.4. The molecular weight excluding hydrogens is 234 g/mol. The highest BCUT2D eigenvalue weighted by Crippen LogP contribution is 2.10. The Morgan fingerprint density at radius 3 is 2.88 bits per heavy atom. The summed E-state index contributed by atoms with van der Waals surface area (Å²) in [7, 11) is 0. The van der Waals surface area contributed by atoms with Crippen LogP contribution in [-0.4, -0.2) is 41.8 Å².